The Hall–Kier alpha value is -0.930. The summed E-state index contributed by atoms with van der Waals surface area (Å²) in [5.74, 6) is -0.0436. The van der Waals surface area contributed by atoms with Crippen molar-refractivity contribution in [3.05, 3.63) is 28.2 Å². The van der Waals surface area contributed by atoms with Crippen LogP contribution in [0.25, 0.3) is 0 Å². The van der Waals surface area contributed by atoms with Crippen LogP contribution in [0.15, 0.2) is 18.2 Å². The van der Waals surface area contributed by atoms with Crippen LogP contribution < -0.4 is 10.6 Å². The molecular weight excluding hydrogens is 247 g/mol. The van der Waals surface area contributed by atoms with Gasteiger partial charge in [0.05, 0.1) is 6.54 Å². The van der Waals surface area contributed by atoms with E-state index in [0.29, 0.717) is 16.6 Å². The topological polar surface area (TPSA) is 41.1 Å². The normalized spacial score (nSPS) is 9.94. The lowest BCUT2D eigenvalue weighted by Crippen LogP contribution is -2.30. The minimum Gasteiger partial charge on any atom is -0.376 e. The van der Waals surface area contributed by atoms with Crippen LogP contribution in [0.2, 0.25) is 10.0 Å². The molecule has 1 aromatic rings. The minimum absolute atomic E-state index is 0.0436. The molecule has 0 bridgehead atoms. The molecule has 3 nitrogen and oxygen atoms in total. The second-order valence-corrected chi connectivity index (χ2v) is 4.23. The van der Waals surface area contributed by atoms with Crippen molar-refractivity contribution in [1.29, 1.82) is 0 Å². The average Bonchev–Trinajstić information content (AvgIpc) is 2.22. The molecule has 0 aromatic heterocycles. The van der Waals surface area contributed by atoms with Crippen molar-refractivity contribution in [3.63, 3.8) is 0 Å². The first-order chi connectivity index (χ1) is 7.61. The molecule has 0 fully saturated rings. The van der Waals surface area contributed by atoms with Gasteiger partial charge in [0.1, 0.15) is 0 Å². The number of carbonyl (C=O) groups excluding carboxylic acids is 1. The molecule has 0 saturated heterocycles. The van der Waals surface area contributed by atoms with E-state index in [4.69, 9.17) is 23.2 Å². The average molecular weight is 261 g/mol. The summed E-state index contributed by atoms with van der Waals surface area (Å²) in [5.41, 5.74) is 0.740. The van der Waals surface area contributed by atoms with Crippen molar-refractivity contribution in [1.82, 2.24) is 5.32 Å². The van der Waals surface area contributed by atoms with Gasteiger partial charge in [-0.2, -0.15) is 0 Å². The Morgan fingerprint density at radius 1 is 1.25 bits per heavy atom. The van der Waals surface area contributed by atoms with Gasteiger partial charge in [-0.05, 0) is 24.6 Å². The fourth-order valence-corrected chi connectivity index (χ4v) is 1.69. The molecule has 0 aliphatic carbocycles. The number of anilines is 1. The summed E-state index contributed by atoms with van der Waals surface area (Å²) in [7, 11) is 0. The Labute approximate surface area is 105 Å². The lowest BCUT2D eigenvalue weighted by molar-refractivity contribution is -0.119. The summed E-state index contributed by atoms with van der Waals surface area (Å²) in [6, 6.07) is 5.09. The number of nitrogens with one attached hydrogen (secondary N) is 2. The van der Waals surface area contributed by atoms with Crippen LogP contribution in [0, 0.1) is 0 Å². The number of hydrogen-bond acceptors (Lipinski definition) is 2. The summed E-state index contributed by atoms with van der Waals surface area (Å²) in [6.45, 7) is 2.91. The number of rotatable bonds is 5. The molecule has 2 N–H and O–H groups in total. The van der Waals surface area contributed by atoms with Crippen LogP contribution in [0.5, 0.6) is 0 Å². The molecule has 0 aliphatic rings. The predicted octanol–water partition coefficient (Wildman–Crippen LogP) is 2.93. The second-order valence-electron chi connectivity index (χ2n) is 3.36. The molecular formula is C11H14Cl2N2O. The maximum atomic E-state index is 11.3. The van der Waals surface area contributed by atoms with Gasteiger partial charge in [-0.15, -0.1) is 0 Å². The van der Waals surface area contributed by atoms with Gasteiger partial charge < -0.3 is 10.6 Å². The third kappa shape index (κ3) is 4.73. The zero-order valence-electron chi connectivity index (χ0n) is 9.02. The second kappa shape index (κ2) is 6.61. The number of halogens is 2. The van der Waals surface area contributed by atoms with Crippen molar-refractivity contribution in [2.75, 3.05) is 18.4 Å². The van der Waals surface area contributed by atoms with E-state index in [-0.39, 0.29) is 12.5 Å². The summed E-state index contributed by atoms with van der Waals surface area (Å²) in [6.07, 6.45) is 0.925. The Kier molecular flexibility index (Phi) is 5.43. The highest BCUT2D eigenvalue weighted by molar-refractivity contribution is 6.35. The maximum absolute atomic E-state index is 11.3. The quantitative estimate of drug-likeness (QED) is 0.855. The summed E-state index contributed by atoms with van der Waals surface area (Å²) >= 11 is 11.6. The summed E-state index contributed by atoms with van der Waals surface area (Å²) in [4.78, 5) is 11.3. The molecule has 0 aliphatic heterocycles. The van der Waals surface area contributed by atoms with Gasteiger partial charge >= 0.3 is 0 Å². The van der Waals surface area contributed by atoms with Crippen LogP contribution in [0.3, 0.4) is 0 Å². The summed E-state index contributed by atoms with van der Waals surface area (Å²) < 4.78 is 0. The molecule has 1 aromatic carbocycles. The molecule has 0 spiro atoms. The van der Waals surface area contributed by atoms with Gasteiger partial charge in [0, 0.05) is 22.3 Å². The Morgan fingerprint density at radius 2 is 1.88 bits per heavy atom. The van der Waals surface area contributed by atoms with E-state index in [1.807, 2.05) is 6.92 Å². The van der Waals surface area contributed by atoms with Gasteiger partial charge in [-0.25, -0.2) is 0 Å². The van der Waals surface area contributed by atoms with E-state index >= 15 is 0 Å². The monoisotopic (exact) mass is 260 g/mol. The van der Waals surface area contributed by atoms with Crippen LogP contribution in [0.1, 0.15) is 13.3 Å². The van der Waals surface area contributed by atoms with Crippen LogP contribution in [0.4, 0.5) is 5.69 Å². The molecule has 88 valence electrons. The van der Waals surface area contributed by atoms with E-state index in [9.17, 15) is 4.79 Å². The van der Waals surface area contributed by atoms with Gasteiger partial charge in [-0.3, -0.25) is 4.79 Å². The van der Waals surface area contributed by atoms with Crippen molar-refractivity contribution in [2.45, 2.75) is 13.3 Å². The first kappa shape index (κ1) is 13.1. The van der Waals surface area contributed by atoms with Crippen molar-refractivity contribution in [2.24, 2.45) is 0 Å². The van der Waals surface area contributed by atoms with Crippen LogP contribution >= 0.6 is 23.2 Å². The third-order valence-corrected chi connectivity index (χ3v) is 2.32. The Bertz CT molecular complexity index is 349. The summed E-state index contributed by atoms with van der Waals surface area (Å²) in [5, 5.41) is 6.81. The number of benzene rings is 1. The lowest BCUT2D eigenvalue weighted by Gasteiger charge is -2.07. The molecule has 1 rings (SSSR count). The molecule has 16 heavy (non-hydrogen) atoms. The van der Waals surface area contributed by atoms with Crippen molar-refractivity contribution < 1.29 is 4.79 Å². The van der Waals surface area contributed by atoms with E-state index in [1.54, 1.807) is 18.2 Å². The zero-order chi connectivity index (χ0) is 12.0. The zero-order valence-corrected chi connectivity index (χ0v) is 10.5. The third-order valence-electron chi connectivity index (χ3n) is 1.89. The molecule has 1 amide bonds. The first-order valence-electron chi connectivity index (χ1n) is 5.08. The van der Waals surface area contributed by atoms with Gasteiger partial charge in [0.2, 0.25) is 5.91 Å². The van der Waals surface area contributed by atoms with Crippen molar-refractivity contribution >= 4 is 34.8 Å². The van der Waals surface area contributed by atoms with E-state index in [0.717, 1.165) is 12.1 Å². The SMILES string of the molecule is CCCNC(=O)CNc1cc(Cl)cc(Cl)c1. The van der Waals surface area contributed by atoms with Gasteiger partial charge in [-0.1, -0.05) is 30.1 Å². The maximum Gasteiger partial charge on any atom is 0.239 e. The lowest BCUT2D eigenvalue weighted by atomic mass is 10.3. The fraction of sp³-hybridized carbons (Fsp3) is 0.364. The van der Waals surface area contributed by atoms with E-state index in [1.165, 1.54) is 0 Å². The predicted molar refractivity (Wildman–Crippen MR) is 68.3 cm³/mol. The Balaban J connectivity index is 2.45. The number of hydrogen-bond donors (Lipinski definition) is 2. The standard InChI is InChI=1S/C11H14Cl2N2O/c1-2-3-14-11(16)7-15-10-5-8(12)4-9(13)6-10/h4-6,15H,2-3,7H2,1H3,(H,14,16). The highest BCUT2D eigenvalue weighted by Crippen LogP contribution is 2.22. The highest BCUT2D eigenvalue weighted by Gasteiger charge is 2.01. The highest BCUT2D eigenvalue weighted by atomic mass is 35.5. The van der Waals surface area contributed by atoms with Gasteiger partial charge in [0.15, 0.2) is 0 Å². The largest absolute Gasteiger partial charge is 0.376 e. The van der Waals surface area contributed by atoms with Crippen molar-refractivity contribution in [3.8, 4) is 0 Å². The minimum atomic E-state index is -0.0436. The number of carbonyl (C=O) groups is 1. The molecule has 0 saturated carbocycles. The van der Waals surface area contributed by atoms with Crippen LogP contribution in [-0.2, 0) is 4.79 Å². The molecule has 0 radical (unpaired) electrons. The number of amides is 1. The fourth-order valence-electron chi connectivity index (χ4n) is 1.17. The molecule has 0 unspecified atom stereocenters. The van der Waals surface area contributed by atoms with E-state index in [2.05, 4.69) is 10.6 Å². The first-order valence-corrected chi connectivity index (χ1v) is 5.84. The Morgan fingerprint density at radius 3 is 2.44 bits per heavy atom. The smallest absolute Gasteiger partial charge is 0.239 e. The molecule has 0 atom stereocenters. The van der Waals surface area contributed by atoms with Crippen LogP contribution in [-0.4, -0.2) is 19.0 Å². The molecule has 5 heteroatoms. The van der Waals surface area contributed by atoms with E-state index < -0.39 is 0 Å². The molecule has 0 heterocycles. The van der Waals surface area contributed by atoms with Gasteiger partial charge in [0.25, 0.3) is 0 Å².